The fraction of sp³-hybridized carbons (Fsp3) is 0.222. The lowest BCUT2D eigenvalue weighted by Crippen LogP contribution is -2.45. The molecule has 1 aromatic heterocycles. The predicted molar refractivity (Wildman–Crippen MR) is 143 cm³/mol. The minimum absolute atomic E-state index is 0.0125. The van der Waals surface area contributed by atoms with Gasteiger partial charge in [-0.1, -0.05) is 54.1 Å². The van der Waals surface area contributed by atoms with Gasteiger partial charge in [0, 0.05) is 25.4 Å². The first-order chi connectivity index (χ1) is 17.7. The van der Waals surface area contributed by atoms with Crippen molar-refractivity contribution in [2.75, 3.05) is 13.1 Å². The van der Waals surface area contributed by atoms with Crippen LogP contribution in [0.2, 0.25) is 5.02 Å². The number of carbonyl (C=O) groups is 2. The number of amides is 2. The van der Waals surface area contributed by atoms with Crippen LogP contribution in [0.1, 0.15) is 25.0 Å². The summed E-state index contributed by atoms with van der Waals surface area (Å²) in [7, 11) is -4.12. The molecule has 0 saturated carbocycles. The molecule has 10 heteroatoms. The Morgan fingerprint density at radius 3 is 2.30 bits per heavy atom. The van der Waals surface area contributed by atoms with Crippen LogP contribution in [0.5, 0.6) is 11.6 Å². The fourth-order valence-corrected chi connectivity index (χ4v) is 4.44. The highest BCUT2D eigenvalue weighted by Gasteiger charge is 2.32. The molecule has 0 bridgehead atoms. The van der Waals surface area contributed by atoms with Gasteiger partial charge in [0.25, 0.3) is 10.0 Å². The van der Waals surface area contributed by atoms with E-state index in [1.165, 1.54) is 17.2 Å². The molecule has 0 aliphatic carbocycles. The van der Waals surface area contributed by atoms with E-state index >= 15 is 0 Å². The molecule has 8 nitrogen and oxygen atoms in total. The van der Waals surface area contributed by atoms with Gasteiger partial charge in [-0.25, -0.2) is 18.1 Å². The van der Waals surface area contributed by atoms with Crippen LogP contribution < -0.4 is 9.46 Å². The molecule has 2 amide bonds. The fourth-order valence-electron chi connectivity index (χ4n) is 3.50. The van der Waals surface area contributed by atoms with Crippen LogP contribution in [-0.4, -0.2) is 43.2 Å². The normalized spacial score (nSPS) is 12.2. The molecule has 0 aliphatic heterocycles. The second-order valence-corrected chi connectivity index (χ2v) is 10.1. The summed E-state index contributed by atoms with van der Waals surface area (Å²) in [5, 5.41) is 1.40. The number of halogens is 1. The first-order valence-corrected chi connectivity index (χ1v) is 13.6. The Morgan fingerprint density at radius 1 is 1.03 bits per heavy atom. The standard InChI is InChI=1S/C27H28ClN3O5S/c1-3-31(4-2)27(33)24(26(32)30-37(34,35)17-16-20-8-6-5-7-9-20)18-21-10-13-23(14-11-21)36-25-15-12-22(28)19-29-25/h5-17,19,24H,3-4,18H2,1-2H3,(H,30,32)/b17-16+. The summed E-state index contributed by atoms with van der Waals surface area (Å²) < 4.78 is 32.8. The van der Waals surface area contributed by atoms with E-state index in [9.17, 15) is 18.0 Å². The molecule has 3 aromatic rings. The average molecular weight is 542 g/mol. The van der Waals surface area contributed by atoms with Crippen molar-refractivity contribution in [2.45, 2.75) is 20.3 Å². The predicted octanol–water partition coefficient (Wildman–Crippen LogP) is 4.67. The van der Waals surface area contributed by atoms with Crippen LogP contribution in [-0.2, 0) is 26.0 Å². The lowest BCUT2D eigenvalue weighted by Gasteiger charge is -2.24. The summed E-state index contributed by atoms with van der Waals surface area (Å²) in [6, 6.07) is 18.9. The zero-order valence-corrected chi connectivity index (χ0v) is 22.1. The van der Waals surface area contributed by atoms with E-state index in [0.717, 1.165) is 5.41 Å². The van der Waals surface area contributed by atoms with E-state index in [2.05, 4.69) is 4.98 Å². The van der Waals surface area contributed by atoms with Gasteiger partial charge in [-0.2, -0.15) is 0 Å². The van der Waals surface area contributed by atoms with Crippen LogP contribution in [0.4, 0.5) is 0 Å². The summed E-state index contributed by atoms with van der Waals surface area (Å²) in [4.78, 5) is 31.8. The Balaban J connectivity index is 1.76. The van der Waals surface area contributed by atoms with Gasteiger partial charge in [-0.15, -0.1) is 0 Å². The molecule has 37 heavy (non-hydrogen) atoms. The smallest absolute Gasteiger partial charge is 0.257 e. The third kappa shape index (κ3) is 8.44. The highest BCUT2D eigenvalue weighted by atomic mass is 35.5. The first kappa shape index (κ1) is 27.9. The van der Waals surface area contributed by atoms with Crippen molar-refractivity contribution in [1.29, 1.82) is 0 Å². The molecular weight excluding hydrogens is 514 g/mol. The van der Waals surface area contributed by atoms with E-state index in [1.54, 1.807) is 74.5 Å². The van der Waals surface area contributed by atoms with Crippen LogP contribution in [0.3, 0.4) is 0 Å². The second-order valence-electron chi connectivity index (χ2n) is 8.05. The number of hydrogen-bond acceptors (Lipinski definition) is 6. The van der Waals surface area contributed by atoms with Gasteiger partial charge >= 0.3 is 0 Å². The van der Waals surface area contributed by atoms with Crippen molar-refractivity contribution < 1.29 is 22.7 Å². The Morgan fingerprint density at radius 2 is 1.70 bits per heavy atom. The van der Waals surface area contributed by atoms with Gasteiger partial charge in [-0.3, -0.25) is 9.59 Å². The molecule has 2 aromatic carbocycles. The summed E-state index contributed by atoms with van der Waals surface area (Å²) >= 11 is 5.84. The van der Waals surface area contributed by atoms with E-state index in [4.69, 9.17) is 16.3 Å². The number of pyridine rings is 1. The number of nitrogens with zero attached hydrogens (tertiary/aromatic N) is 2. The quantitative estimate of drug-likeness (QED) is 0.354. The van der Waals surface area contributed by atoms with E-state index in [0.29, 0.717) is 40.9 Å². The highest BCUT2D eigenvalue weighted by molar-refractivity contribution is 7.93. The first-order valence-electron chi connectivity index (χ1n) is 11.7. The molecule has 0 aliphatic rings. The Bertz CT molecular complexity index is 1320. The number of benzene rings is 2. The minimum Gasteiger partial charge on any atom is -0.439 e. The number of carbonyl (C=O) groups excluding carboxylic acids is 2. The number of rotatable bonds is 11. The van der Waals surface area contributed by atoms with Gasteiger partial charge in [0.2, 0.25) is 17.7 Å². The Hall–Kier alpha value is -3.69. The van der Waals surface area contributed by atoms with Crippen molar-refractivity contribution in [2.24, 2.45) is 5.92 Å². The van der Waals surface area contributed by atoms with Crippen LogP contribution >= 0.6 is 11.6 Å². The third-order valence-electron chi connectivity index (χ3n) is 5.46. The van der Waals surface area contributed by atoms with Crippen LogP contribution in [0.15, 0.2) is 78.3 Å². The molecule has 1 atom stereocenters. The maximum absolute atomic E-state index is 13.2. The van der Waals surface area contributed by atoms with Gasteiger partial charge in [0.05, 0.1) is 10.4 Å². The summed E-state index contributed by atoms with van der Waals surface area (Å²) in [6.07, 6.45) is 2.86. The lowest BCUT2D eigenvalue weighted by molar-refractivity contribution is -0.141. The Kier molecular flexibility index (Phi) is 9.82. The number of hydrogen-bond donors (Lipinski definition) is 1. The monoisotopic (exact) mass is 541 g/mol. The zero-order chi connectivity index (χ0) is 26.8. The van der Waals surface area contributed by atoms with Crippen molar-refractivity contribution in [3.8, 4) is 11.6 Å². The summed E-state index contributed by atoms with van der Waals surface area (Å²) in [5.74, 6) is -1.71. The topological polar surface area (TPSA) is 106 Å². The van der Waals surface area contributed by atoms with Crippen LogP contribution in [0, 0.1) is 5.92 Å². The summed E-state index contributed by atoms with van der Waals surface area (Å²) in [5.41, 5.74) is 1.32. The van der Waals surface area contributed by atoms with Gasteiger partial charge < -0.3 is 9.64 Å². The SMILES string of the molecule is CCN(CC)C(=O)C(Cc1ccc(Oc2ccc(Cl)cn2)cc1)C(=O)NS(=O)(=O)/C=C/c1ccccc1. The summed E-state index contributed by atoms with van der Waals surface area (Å²) in [6.45, 7) is 4.38. The number of ether oxygens (including phenoxy) is 1. The van der Waals surface area contributed by atoms with Crippen molar-refractivity contribution in [3.05, 3.63) is 94.5 Å². The van der Waals surface area contributed by atoms with E-state index < -0.39 is 27.8 Å². The van der Waals surface area contributed by atoms with Gasteiger partial charge in [0.1, 0.15) is 11.7 Å². The second kappa shape index (κ2) is 13.0. The number of nitrogens with one attached hydrogen (secondary N) is 1. The largest absolute Gasteiger partial charge is 0.439 e. The maximum atomic E-state index is 13.2. The number of sulfonamides is 1. The lowest BCUT2D eigenvalue weighted by atomic mass is 9.97. The molecular formula is C27H28ClN3O5S. The third-order valence-corrected chi connectivity index (χ3v) is 6.66. The van der Waals surface area contributed by atoms with E-state index in [1.807, 2.05) is 10.8 Å². The minimum atomic E-state index is -4.12. The number of aromatic nitrogens is 1. The zero-order valence-electron chi connectivity index (χ0n) is 20.5. The molecule has 1 heterocycles. The van der Waals surface area contributed by atoms with Crippen molar-refractivity contribution in [3.63, 3.8) is 0 Å². The molecule has 1 unspecified atom stereocenters. The molecule has 0 radical (unpaired) electrons. The van der Waals surface area contributed by atoms with Gasteiger partial charge in [0.15, 0.2) is 0 Å². The molecule has 0 saturated heterocycles. The molecule has 0 fully saturated rings. The van der Waals surface area contributed by atoms with Crippen molar-refractivity contribution >= 4 is 39.5 Å². The molecule has 194 valence electrons. The maximum Gasteiger partial charge on any atom is 0.257 e. The van der Waals surface area contributed by atoms with Crippen LogP contribution in [0.25, 0.3) is 6.08 Å². The molecule has 3 rings (SSSR count). The van der Waals surface area contributed by atoms with Gasteiger partial charge in [-0.05, 0) is 55.7 Å². The average Bonchev–Trinajstić information content (AvgIpc) is 2.89. The van der Waals surface area contributed by atoms with E-state index in [-0.39, 0.29) is 6.42 Å². The molecule has 0 spiro atoms. The van der Waals surface area contributed by atoms with Crippen molar-refractivity contribution in [1.82, 2.24) is 14.6 Å². The highest BCUT2D eigenvalue weighted by Crippen LogP contribution is 2.22. The molecule has 1 N–H and O–H groups in total. The Labute approximate surface area is 222 Å².